The van der Waals surface area contributed by atoms with Crippen LogP contribution in [0.4, 0.5) is 5.69 Å². The normalized spacial score (nSPS) is 11.6. The molecule has 0 aromatic heterocycles. The molecule has 3 heteroatoms. The number of aliphatic hydroxyl groups is 1. The molecular formula is C15H22N2O. The predicted molar refractivity (Wildman–Crippen MR) is 77.4 cm³/mol. The van der Waals surface area contributed by atoms with E-state index in [0.29, 0.717) is 6.54 Å². The van der Waals surface area contributed by atoms with Gasteiger partial charge in [-0.1, -0.05) is 23.8 Å². The molecule has 0 spiro atoms. The van der Waals surface area contributed by atoms with Crippen LogP contribution in [0, 0.1) is 20.8 Å². The number of hydrogen-bond acceptors (Lipinski definition) is 2. The van der Waals surface area contributed by atoms with E-state index in [0.717, 1.165) is 5.69 Å². The molecule has 0 aliphatic rings. The fourth-order valence-electron chi connectivity index (χ4n) is 1.99. The Balaban J connectivity index is 2.95. The predicted octanol–water partition coefficient (Wildman–Crippen LogP) is 3.10. The monoisotopic (exact) mass is 246 g/mol. The summed E-state index contributed by atoms with van der Waals surface area (Å²) in [6.45, 7) is 8.84. The number of rotatable bonds is 5. The van der Waals surface area contributed by atoms with Crippen molar-refractivity contribution in [2.75, 3.05) is 13.2 Å². The van der Waals surface area contributed by atoms with Gasteiger partial charge in [0.25, 0.3) is 0 Å². The summed E-state index contributed by atoms with van der Waals surface area (Å²) in [5.74, 6) is 0. The van der Waals surface area contributed by atoms with E-state index in [2.05, 4.69) is 37.9 Å². The van der Waals surface area contributed by atoms with Crippen LogP contribution in [0.1, 0.15) is 23.6 Å². The van der Waals surface area contributed by atoms with E-state index in [-0.39, 0.29) is 6.61 Å². The summed E-state index contributed by atoms with van der Waals surface area (Å²) in [7, 11) is 0. The van der Waals surface area contributed by atoms with Gasteiger partial charge in [0.1, 0.15) is 0 Å². The van der Waals surface area contributed by atoms with E-state index in [9.17, 15) is 0 Å². The van der Waals surface area contributed by atoms with Gasteiger partial charge in [0.15, 0.2) is 0 Å². The Morgan fingerprint density at radius 1 is 1.22 bits per heavy atom. The third-order valence-electron chi connectivity index (χ3n) is 2.67. The van der Waals surface area contributed by atoms with E-state index < -0.39 is 0 Å². The number of aliphatic hydroxyl groups excluding tert-OH is 1. The van der Waals surface area contributed by atoms with Gasteiger partial charge in [0, 0.05) is 12.7 Å². The molecule has 0 fully saturated rings. The van der Waals surface area contributed by atoms with Crippen LogP contribution in [0.15, 0.2) is 29.4 Å². The number of hydrogen-bond donors (Lipinski definition) is 1. The van der Waals surface area contributed by atoms with Gasteiger partial charge in [-0.05, 0) is 38.8 Å². The second kappa shape index (κ2) is 6.97. The fourth-order valence-corrected chi connectivity index (χ4v) is 1.99. The second-order valence-electron chi connectivity index (χ2n) is 4.44. The topological polar surface area (TPSA) is 35.8 Å². The maximum Gasteiger partial charge on any atom is 0.0953 e. The van der Waals surface area contributed by atoms with E-state index >= 15 is 0 Å². The van der Waals surface area contributed by atoms with Crippen molar-refractivity contribution in [1.29, 1.82) is 0 Å². The van der Waals surface area contributed by atoms with Crippen LogP contribution in [0.25, 0.3) is 0 Å². The molecule has 0 amide bonds. The zero-order valence-electron chi connectivity index (χ0n) is 11.6. The molecule has 0 bridgehead atoms. The van der Waals surface area contributed by atoms with Gasteiger partial charge in [0.05, 0.1) is 18.6 Å². The van der Waals surface area contributed by atoms with Crippen molar-refractivity contribution in [2.45, 2.75) is 27.7 Å². The molecule has 1 N–H and O–H groups in total. The maximum absolute atomic E-state index is 8.97. The van der Waals surface area contributed by atoms with Crippen molar-refractivity contribution in [2.24, 2.45) is 4.99 Å². The van der Waals surface area contributed by atoms with Crippen LogP contribution in [0.5, 0.6) is 0 Å². The van der Waals surface area contributed by atoms with Crippen molar-refractivity contribution in [3.63, 3.8) is 0 Å². The van der Waals surface area contributed by atoms with Crippen LogP contribution in [-0.2, 0) is 0 Å². The number of benzene rings is 1. The van der Waals surface area contributed by atoms with E-state index in [4.69, 9.17) is 5.11 Å². The zero-order chi connectivity index (χ0) is 13.5. The Morgan fingerprint density at radius 2 is 1.83 bits per heavy atom. The first-order valence-electron chi connectivity index (χ1n) is 6.20. The number of aryl methyl sites for hydroxylation is 3. The van der Waals surface area contributed by atoms with E-state index in [1.807, 2.05) is 24.1 Å². The third kappa shape index (κ3) is 4.00. The molecule has 0 unspecified atom stereocenters. The quantitative estimate of drug-likeness (QED) is 0.640. The average molecular weight is 246 g/mol. The highest BCUT2D eigenvalue weighted by atomic mass is 16.3. The van der Waals surface area contributed by atoms with E-state index in [1.165, 1.54) is 16.7 Å². The lowest BCUT2D eigenvalue weighted by Gasteiger charge is -2.13. The van der Waals surface area contributed by atoms with Gasteiger partial charge in [-0.3, -0.25) is 0 Å². The van der Waals surface area contributed by atoms with Gasteiger partial charge in [0.2, 0.25) is 0 Å². The highest BCUT2D eigenvalue weighted by molar-refractivity contribution is 5.66. The molecule has 0 aliphatic carbocycles. The highest BCUT2D eigenvalue weighted by Crippen LogP contribution is 2.24. The van der Waals surface area contributed by atoms with Crippen LogP contribution >= 0.6 is 0 Å². The average Bonchev–Trinajstić information content (AvgIpc) is 2.28. The molecule has 1 rings (SSSR count). The largest absolute Gasteiger partial charge is 0.395 e. The summed E-state index contributed by atoms with van der Waals surface area (Å²) in [4.78, 5) is 6.40. The summed E-state index contributed by atoms with van der Waals surface area (Å²) in [6.07, 6.45) is 5.59. The Bertz CT molecular complexity index is 427. The Hall–Kier alpha value is -1.61. The van der Waals surface area contributed by atoms with Crippen LogP contribution < -0.4 is 0 Å². The minimum absolute atomic E-state index is 0.113. The lowest BCUT2D eigenvalue weighted by atomic mass is 10.1. The Morgan fingerprint density at radius 3 is 2.33 bits per heavy atom. The summed E-state index contributed by atoms with van der Waals surface area (Å²) < 4.78 is 0. The van der Waals surface area contributed by atoms with Crippen molar-refractivity contribution in [1.82, 2.24) is 4.90 Å². The van der Waals surface area contributed by atoms with Gasteiger partial charge < -0.3 is 10.0 Å². The molecule has 0 radical (unpaired) electrons. The standard InChI is InChI=1S/C15H22N2O/c1-5-6-17(7-8-18)11-16-15-13(3)9-12(2)10-14(15)4/h5-6,9-11,18H,7-8H2,1-4H3/b6-5-,16-11+. The fraction of sp³-hybridized carbons (Fsp3) is 0.400. The molecule has 0 saturated heterocycles. The molecule has 98 valence electrons. The molecule has 1 aromatic rings. The molecule has 1 aromatic carbocycles. The van der Waals surface area contributed by atoms with Gasteiger partial charge in [-0.25, -0.2) is 4.99 Å². The molecule has 18 heavy (non-hydrogen) atoms. The third-order valence-corrected chi connectivity index (χ3v) is 2.67. The first-order chi connectivity index (χ1) is 8.58. The second-order valence-corrected chi connectivity index (χ2v) is 4.44. The Kier molecular flexibility index (Phi) is 5.59. The molecular weight excluding hydrogens is 224 g/mol. The van der Waals surface area contributed by atoms with Crippen molar-refractivity contribution >= 4 is 12.0 Å². The molecule has 0 saturated carbocycles. The summed E-state index contributed by atoms with van der Waals surface area (Å²) >= 11 is 0. The maximum atomic E-state index is 8.97. The first-order valence-corrected chi connectivity index (χ1v) is 6.20. The van der Waals surface area contributed by atoms with Gasteiger partial charge >= 0.3 is 0 Å². The lowest BCUT2D eigenvalue weighted by molar-refractivity contribution is 0.273. The minimum atomic E-state index is 0.113. The minimum Gasteiger partial charge on any atom is -0.395 e. The number of nitrogens with zero attached hydrogens (tertiary/aromatic N) is 2. The SMILES string of the molecule is C/C=C\N(/C=N/c1c(C)cc(C)cc1C)CCO. The van der Waals surface area contributed by atoms with Gasteiger partial charge in [-0.15, -0.1) is 0 Å². The molecule has 0 aliphatic heterocycles. The van der Waals surface area contributed by atoms with Crippen molar-refractivity contribution < 1.29 is 5.11 Å². The smallest absolute Gasteiger partial charge is 0.0953 e. The Labute approximate surface area is 109 Å². The van der Waals surface area contributed by atoms with Crippen LogP contribution in [0.3, 0.4) is 0 Å². The van der Waals surface area contributed by atoms with Crippen LogP contribution in [0.2, 0.25) is 0 Å². The molecule has 0 heterocycles. The summed E-state index contributed by atoms with van der Waals surface area (Å²) in [5.41, 5.74) is 4.61. The van der Waals surface area contributed by atoms with Gasteiger partial charge in [-0.2, -0.15) is 0 Å². The molecule has 0 atom stereocenters. The number of allylic oxidation sites excluding steroid dienone is 1. The first kappa shape index (κ1) is 14.5. The summed E-state index contributed by atoms with van der Waals surface area (Å²) in [5, 5.41) is 8.97. The highest BCUT2D eigenvalue weighted by Gasteiger charge is 2.02. The van der Waals surface area contributed by atoms with Crippen LogP contribution in [-0.4, -0.2) is 29.5 Å². The lowest BCUT2D eigenvalue weighted by Crippen LogP contribution is -2.18. The summed E-state index contributed by atoms with van der Waals surface area (Å²) in [6, 6.07) is 4.26. The number of aliphatic imine (C=N–C) groups is 1. The van der Waals surface area contributed by atoms with Crippen molar-refractivity contribution in [3.8, 4) is 0 Å². The molecule has 3 nitrogen and oxygen atoms in total. The van der Waals surface area contributed by atoms with Crippen molar-refractivity contribution in [3.05, 3.63) is 41.1 Å². The zero-order valence-corrected chi connectivity index (χ0v) is 11.6. The van der Waals surface area contributed by atoms with E-state index in [1.54, 1.807) is 6.34 Å².